The number of benzene rings is 1. The lowest BCUT2D eigenvalue weighted by Crippen LogP contribution is -2.49. The molecule has 8 nitrogen and oxygen atoms in total. The third-order valence-electron chi connectivity index (χ3n) is 4.83. The van der Waals surface area contributed by atoms with E-state index in [1.807, 2.05) is 36.1 Å². The highest BCUT2D eigenvalue weighted by molar-refractivity contribution is 5.81. The number of carbonyl (C=O) groups is 1. The average molecular weight is 367 g/mol. The maximum absolute atomic E-state index is 12.7. The van der Waals surface area contributed by atoms with E-state index in [1.165, 1.54) is 6.20 Å². The van der Waals surface area contributed by atoms with Crippen LogP contribution in [0.1, 0.15) is 11.5 Å². The quantitative estimate of drug-likeness (QED) is 0.685. The van der Waals surface area contributed by atoms with Crippen LogP contribution >= 0.6 is 0 Å². The Labute approximate surface area is 156 Å². The lowest BCUT2D eigenvalue weighted by atomic mass is 10.2. The minimum absolute atomic E-state index is 0.00598. The first-order valence-electron chi connectivity index (χ1n) is 8.97. The summed E-state index contributed by atoms with van der Waals surface area (Å²) < 4.78 is 6.86. The van der Waals surface area contributed by atoms with Gasteiger partial charge in [0.15, 0.2) is 5.76 Å². The first kappa shape index (κ1) is 17.4. The van der Waals surface area contributed by atoms with Crippen molar-refractivity contribution in [2.75, 3.05) is 26.2 Å². The molecule has 0 atom stereocenters. The molecule has 1 aliphatic rings. The molecule has 1 aromatic carbocycles. The number of nitrogens with zero attached hydrogens (tertiary/aromatic N) is 5. The standard InChI is InChI=1S/C19H21N5O3/c1-14-10-15(27-21-14)12-22-6-8-23(9-7-22)19(26)13-24-17-5-3-2-4-16(17)18(25)11-20-24/h2-5,10-11H,6-9,12-13H2,1H3. The summed E-state index contributed by atoms with van der Waals surface area (Å²) >= 11 is 0. The number of rotatable bonds is 4. The van der Waals surface area contributed by atoms with Crippen molar-refractivity contribution in [1.82, 2.24) is 24.7 Å². The summed E-state index contributed by atoms with van der Waals surface area (Å²) in [6.45, 7) is 5.61. The van der Waals surface area contributed by atoms with E-state index in [0.717, 1.165) is 24.5 Å². The molecule has 140 valence electrons. The molecule has 4 rings (SSSR count). The van der Waals surface area contributed by atoms with Crippen molar-refractivity contribution in [3.8, 4) is 0 Å². The second kappa shape index (κ2) is 7.32. The average Bonchev–Trinajstić information content (AvgIpc) is 3.09. The van der Waals surface area contributed by atoms with Gasteiger partial charge in [0.05, 0.1) is 24.0 Å². The molecular formula is C19H21N5O3. The predicted molar refractivity (Wildman–Crippen MR) is 99.1 cm³/mol. The fraction of sp³-hybridized carbons (Fsp3) is 0.368. The molecule has 1 fully saturated rings. The van der Waals surface area contributed by atoms with Gasteiger partial charge < -0.3 is 9.42 Å². The third-order valence-corrected chi connectivity index (χ3v) is 4.83. The molecule has 0 N–H and O–H groups in total. The highest BCUT2D eigenvalue weighted by Gasteiger charge is 2.22. The van der Waals surface area contributed by atoms with Gasteiger partial charge in [-0.3, -0.25) is 19.2 Å². The Balaban J connectivity index is 1.39. The molecule has 0 saturated carbocycles. The zero-order valence-electron chi connectivity index (χ0n) is 15.2. The summed E-state index contributed by atoms with van der Waals surface area (Å²) in [6.07, 6.45) is 1.27. The Kier molecular flexibility index (Phi) is 4.72. The zero-order valence-corrected chi connectivity index (χ0v) is 15.2. The van der Waals surface area contributed by atoms with Crippen LogP contribution in [0.15, 0.2) is 45.8 Å². The topological polar surface area (TPSA) is 84.5 Å². The van der Waals surface area contributed by atoms with Gasteiger partial charge in [-0.25, -0.2) is 0 Å². The summed E-state index contributed by atoms with van der Waals surface area (Å²) in [5.74, 6) is 0.850. The maximum atomic E-state index is 12.7. The van der Waals surface area contributed by atoms with Gasteiger partial charge in [0, 0.05) is 37.6 Å². The molecule has 8 heteroatoms. The van der Waals surface area contributed by atoms with E-state index in [4.69, 9.17) is 4.52 Å². The molecule has 0 spiro atoms. The van der Waals surface area contributed by atoms with Crippen LogP contribution < -0.4 is 5.43 Å². The number of aryl methyl sites for hydroxylation is 1. The molecule has 1 amide bonds. The summed E-state index contributed by atoms with van der Waals surface area (Å²) in [5, 5.41) is 8.62. The molecule has 1 saturated heterocycles. The molecule has 1 aliphatic heterocycles. The lowest BCUT2D eigenvalue weighted by molar-refractivity contribution is -0.133. The van der Waals surface area contributed by atoms with Gasteiger partial charge in [-0.2, -0.15) is 5.10 Å². The van der Waals surface area contributed by atoms with Gasteiger partial charge >= 0.3 is 0 Å². The van der Waals surface area contributed by atoms with Crippen LogP contribution in [0.25, 0.3) is 10.9 Å². The monoisotopic (exact) mass is 367 g/mol. The van der Waals surface area contributed by atoms with E-state index in [2.05, 4.69) is 15.2 Å². The van der Waals surface area contributed by atoms with E-state index in [1.54, 1.807) is 10.7 Å². The van der Waals surface area contributed by atoms with Crippen molar-refractivity contribution in [3.63, 3.8) is 0 Å². The molecule has 0 aliphatic carbocycles. The van der Waals surface area contributed by atoms with Crippen LogP contribution in [-0.4, -0.2) is 56.8 Å². The van der Waals surface area contributed by atoms with E-state index in [-0.39, 0.29) is 17.9 Å². The van der Waals surface area contributed by atoms with Crippen molar-refractivity contribution in [1.29, 1.82) is 0 Å². The second-order valence-electron chi connectivity index (χ2n) is 6.78. The van der Waals surface area contributed by atoms with E-state index < -0.39 is 0 Å². The van der Waals surface area contributed by atoms with E-state index >= 15 is 0 Å². The molecule has 0 unspecified atom stereocenters. The number of piperazine rings is 1. The van der Waals surface area contributed by atoms with Crippen molar-refractivity contribution in [3.05, 3.63) is 58.2 Å². The predicted octanol–water partition coefficient (Wildman–Crippen LogP) is 1.04. The van der Waals surface area contributed by atoms with Crippen LogP contribution in [0.3, 0.4) is 0 Å². The van der Waals surface area contributed by atoms with Gasteiger partial charge in [0.25, 0.3) is 0 Å². The Morgan fingerprint density at radius 2 is 1.96 bits per heavy atom. The molecule has 27 heavy (non-hydrogen) atoms. The first-order valence-corrected chi connectivity index (χ1v) is 8.97. The normalized spacial score (nSPS) is 15.4. The van der Waals surface area contributed by atoms with E-state index in [9.17, 15) is 9.59 Å². The molecule has 0 bridgehead atoms. The van der Waals surface area contributed by atoms with Crippen LogP contribution in [0.4, 0.5) is 0 Å². The van der Waals surface area contributed by atoms with Gasteiger partial charge in [0.1, 0.15) is 6.54 Å². The zero-order chi connectivity index (χ0) is 18.8. The number of hydrogen-bond acceptors (Lipinski definition) is 6. The fourth-order valence-electron chi connectivity index (χ4n) is 3.38. The summed E-state index contributed by atoms with van der Waals surface area (Å²) in [4.78, 5) is 28.7. The number of fused-ring (bicyclic) bond motifs is 1. The van der Waals surface area contributed by atoms with Gasteiger partial charge in [0.2, 0.25) is 11.3 Å². The van der Waals surface area contributed by atoms with Crippen LogP contribution in [-0.2, 0) is 17.9 Å². The van der Waals surface area contributed by atoms with Gasteiger partial charge in [-0.1, -0.05) is 17.3 Å². The highest BCUT2D eigenvalue weighted by atomic mass is 16.5. The summed E-state index contributed by atoms with van der Waals surface area (Å²) in [6, 6.07) is 9.16. The minimum atomic E-state index is -0.134. The third kappa shape index (κ3) is 3.75. The Morgan fingerprint density at radius 3 is 2.70 bits per heavy atom. The fourth-order valence-corrected chi connectivity index (χ4v) is 3.38. The van der Waals surface area contributed by atoms with E-state index in [0.29, 0.717) is 30.5 Å². The summed E-state index contributed by atoms with van der Waals surface area (Å²) in [7, 11) is 0. The largest absolute Gasteiger partial charge is 0.360 e. The Morgan fingerprint density at radius 1 is 1.19 bits per heavy atom. The van der Waals surface area contributed by atoms with Crippen LogP contribution in [0.5, 0.6) is 0 Å². The number of carbonyl (C=O) groups excluding carboxylic acids is 1. The van der Waals surface area contributed by atoms with Crippen molar-refractivity contribution >= 4 is 16.8 Å². The smallest absolute Gasteiger partial charge is 0.244 e. The molecular weight excluding hydrogens is 346 g/mol. The minimum Gasteiger partial charge on any atom is -0.360 e. The second-order valence-corrected chi connectivity index (χ2v) is 6.78. The number of amides is 1. The molecule has 2 aromatic heterocycles. The van der Waals surface area contributed by atoms with Crippen molar-refractivity contribution in [2.24, 2.45) is 0 Å². The Hall–Kier alpha value is -3.00. The van der Waals surface area contributed by atoms with Gasteiger partial charge in [-0.05, 0) is 19.1 Å². The van der Waals surface area contributed by atoms with Crippen LogP contribution in [0.2, 0.25) is 0 Å². The number of hydrogen-bond donors (Lipinski definition) is 0. The first-order chi connectivity index (χ1) is 13.1. The molecule has 3 aromatic rings. The van der Waals surface area contributed by atoms with Gasteiger partial charge in [-0.15, -0.1) is 0 Å². The Bertz CT molecular complexity index is 1020. The molecule has 0 radical (unpaired) electrons. The number of para-hydroxylation sites is 1. The van der Waals surface area contributed by atoms with Crippen molar-refractivity contribution in [2.45, 2.75) is 20.0 Å². The maximum Gasteiger partial charge on any atom is 0.244 e. The number of aromatic nitrogens is 3. The van der Waals surface area contributed by atoms with Crippen molar-refractivity contribution < 1.29 is 9.32 Å². The molecule has 3 heterocycles. The lowest BCUT2D eigenvalue weighted by Gasteiger charge is -2.34. The summed E-state index contributed by atoms with van der Waals surface area (Å²) in [5.41, 5.74) is 1.42. The highest BCUT2D eigenvalue weighted by Crippen LogP contribution is 2.12. The SMILES string of the molecule is Cc1cc(CN2CCN(C(=O)Cn3ncc(=O)c4ccccc43)CC2)on1. The van der Waals surface area contributed by atoms with Crippen LogP contribution in [0, 0.1) is 6.92 Å².